The van der Waals surface area contributed by atoms with Crippen LogP contribution >= 0.6 is 23.2 Å². The molecule has 0 fully saturated rings. The highest BCUT2D eigenvalue weighted by Gasteiger charge is 2.32. The van der Waals surface area contributed by atoms with E-state index in [1.165, 1.54) is 22.8 Å². The molecule has 5 rings (SSSR count). The molecule has 0 aliphatic rings. The van der Waals surface area contributed by atoms with E-state index in [0.29, 0.717) is 38.2 Å². The predicted molar refractivity (Wildman–Crippen MR) is 150 cm³/mol. The van der Waals surface area contributed by atoms with Gasteiger partial charge < -0.3 is 0 Å². The van der Waals surface area contributed by atoms with Crippen LogP contribution in [-0.2, 0) is 10.0 Å². The van der Waals surface area contributed by atoms with E-state index >= 15 is 0 Å². The summed E-state index contributed by atoms with van der Waals surface area (Å²) < 4.78 is 29.8. The molecule has 10 nitrogen and oxygen atoms in total. The lowest BCUT2D eigenvalue weighted by Gasteiger charge is -2.19. The maximum atomic E-state index is 13.6. The first-order chi connectivity index (χ1) is 18.7. The third-order valence-corrected chi connectivity index (χ3v) is 7.82. The minimum absolute atomic E-state index is 0.0245. The summed E-state index contributed by atoms with van der Waals surface area (Å²) in [6.45, 7) is 0. The van der Waals surface area contributed by atoms with E-state index in [9.17, 15) is 13.2 Å². The third kappa shape index (κ3) is 5.04. The number of rotatable bonds is 7. The first-order valence-electron chi connectivity index (χ1n) is 11.5. The number of hydrogen-bond donors (Lipinski definition) is 2. The number of amides is 1. The first kappa shape index (κ1) is 26.6. The number of pyridine rings is 1. The second-order valence-electron chi connectivity index (χ2n) is 8.32. The predicted octanol–water partition coefficient (Wildman–Crippen LogP) is 4.45. The van der Waals surface area contributed by atoms with Crippen molar-refractivity contribution in [2.24, 2.45) is 0 Å². The lowest BCUT2D eigenvalue weighted by atomic mass is 10.0. The van der Waals surface area contributed by atoms with Gasteiger partial charge in [0.05, 0.1) is 5.69 Å². The highest BCUT2D eigenvalue weighted by atomic mass is 35.5. The van der Waals surface area contributed by atoms with Crippen molar-refractivity contribution in [1.82, 2.24) is 29.7 Å². The fourth-order valence-corrected chi connectivity index (χ4v) is 5.23. The van der Waals surface area contributed by atoms with Crippen molar-refractivity contribution in [3.63, 3.8) is 0 Å². The van der Waals surface area contributed by atoms with Crippen LogP contribution in [0.15, 0.2) is 84.1 Å². The van der Waals surface area contributed by atoms with E-state index in [2.05, 4.69) is 25.2 Å². The summed E-state index contributed by atoms with van der Waals surface area (Å²) in [7, 11) is -1.37. The van der Waals surface area contributed by atoms with Crippen molar-refractivity contribution in [2.45, 2.75) is 5.03 Å². The Balaban J connectivity index is 1.79. The van der Waals surface area contributed by atoms with Gasteiger partial charge in [0, 0.05) is 46.2 Å². The molecule has 0 aliphatic heterocycles. The topological polar surface area (TPSA) is 122 Å². The lowest BCUT2D eigenvalue weighted by molar-refractivity contribution is 0.0949. The Kier molecular flexibility index (Phi) is 7.23. The monoisotopic (exact) mass is 581 g/mol. The van der Waals surface area contributed by atoms with Gasteiger partial charge in [-0.1, -0.05) is 59.6 Å². The Morgan fingerprint density at radius 1 is 0.949 bits per heavy atom. The van der Waals surface area contributed by atoms with Gasteiger partial charge in [0.2, 0.25) is 5.03 Å². The third-order valence-electron chi connectivity index (χ3n) is 5.91. The lowest BCUT2D eigenvalue weighted by Crippen LogP contribution is -2.40. The van der Waals surface area contributed by atoms with Gasteiger partial charge in [-0.3, -0.25) is 15.2 Å². The maximum Gasteiger partial charge on any atom is 0.276 e. The zero-order valence-corrected chi connectivity index (χ0v) is 23.0. The second-order valence-corrected chi connectivity index (χ2v) is 11.0. The summed E-state index contributed by atoms with van der Waals surface area (Å²) in [6, 6.07) is 19.3. The molecule has 1 amide bonds. The normalized spacial score (nSPS) is 11.5. The number of sulfonamides is 1. The minimum atomic E-state index is -4.19. The van der Waals surface area contributed by atoms with E-state index < -0.39 is 21.0 Å². The van der Waals surface area contributed by atoms with Crippen LogP contribution in [0.5, 0.6) is 0 Å². The molecule has 5 aromatic rings. The smallest absolute Gasteiger partial charge is 0.271 e. The molecular weight excluding hydrogens is 561 g/mol. The molecule has 198 valence electrons. The molecule has 3 heterocycles. The van der Waals surface area contributed by atoms with Gasteiger partial charge in [0.15, 0.2) is 5.65 Å². The van der Waals surface area contributed by atoms with Crippen LogP contribution in [0.2, 0.25) is 10.0 Å². The van der Waals surface area contributed by atoms with E-state index in [4.69, 9.17) is 23.2 Å². The molecule has 0 spiro atoms. The first-order valence-corrected chi connectivity index (χ1v) is 13.8. The van der Waals surface area contributed by atoms with Gasteiger partial charge in [-0.05, 0) is 37.4 Å². The number of hydrogen-bond acceptors (Lipinski definition) is 7. The van der Waals surface area contributed by atoms with Crippen LogP contribution in [0.25, 0.3) is 28.0 Å². The van der Waals surface area contributed by atoms with Crippen LogP contribution in [0.4, 0.5) is 5.82 Å². The van der Waals surface area contributed by atoms with Crippen molar-refractivity contribution in [1.29, 1.82) is 0 Å². The molecule has 3 aromatic heterocycles. The molecule has 2 aromatic carbocycles. The van der Waals surface area contributed by atoms with Gasteiger partial charge in [0.25, 0.3) is 15.9 Å². The Labute approximate surface area is 234 Å². The van der Waals surface area contributed by atoms with Crippen molar-refractivity contribution < 1.29 is 13.2 Å². The largest absolute Gasteiger partial charge is 0.276 e. The van der Waals surface area contributed by atoms with Crippen molar-refractivity contribution in [3.8, 4) is 22.4 Å². The van der Waals surface area contributed by atoms with E-state index in [1.54, 1.807) is 67.8 Å². The second kappa shape index (κ2) is 10.6. The van der Waals surface area contributed by atoms with Crippen molar-refractivity contribution in [3.05, 3.63) is 94.7 Å². The summed E-state index contributed by atoms with van der Waals surface area (Å²) in [5, 5.41) is 6.26. The zero-order chi connectivity index (χ0) is 27.7. The number of nitrogens with zero attached hydrogens (tertiary/aromatic N) is 5. The molecule has 13 heteroatoms. The van der Waals surface area contributed by atoms with Crippen LogP contribution < -0.4 is 15.2 Å². The quantitative estimate of drug-likeness (QED) is 0.272. The zero-order valence-electron chi connectivity index (χ0n) is 20.6. The fraction of sp³-hybridized carbons (Fsp3) is 0.0769. The summed E-state index contributed by atoms with van der Waals surface area (Å²) >= 11 is 12.7. The Bertz CT molecular complexity index is 1790. The number of hydrazine groups is 1. The van der Waals surface area contributed by atoms with Crippen molar-refractivity contribution in [2.75, 3.05) is 19.1 Å². The number of carbonyl (C=O) groups excluding carboxylic acids is 1. The van der Waals surface area contributed by atoms with Crippen molar-refractivity contribution >= 4 is 50.6 Å². The van der Waals surface area contributed by atoms with E-state index in [-0.39, 0.29) is 11.2 Å². The molecule has 0 aliphatic carbocycles. The number of benzene rings is 2. The number of fused-ring (bicyclic) bond motifs is 1. The molecule has 0 atom stereocenters. The number of halogens is 2. The standard InChI is InChI=1S/C26H21Cl2N7O3S/c1-29-39(37,38)26-22(25(36)32-34(2)21-9-5-6-14-30-21)24-31-15-19(18-7-3-4-8-20(18)28)23(35(24)33-26)16-10-12-17(27)13-11-16/h3-15,29H,1-2H3,(H,32,36). The Morgan fingerprint density at radius 3 is 2.33 bits per heavy atom. The molecule has 0 bridgehead atoms. The van der Waals surface area contributed by atoms with Crippen LogP contribution in [0.1, 0.15) is 10.4 Å². The van der Waals surface area contributed by atoms with Gasteiger partial charge in [-0.15, -0.1) is 0 Å². The highest BCUT2D eigenvalue weighted by molar-refractivity contribution is 7.89. The van der Waals surface area contributed by atoms with E-state index in [1.807, 2.05) is 12.1 Å². The molecule has 2 N–H and O–H groups in total. The average molecular weight is 582 g/mol. The summed E-state index contributed by atoms with van der Waals surface area (Å²) in [5.41, 5.74) is 4.77. The SMILES string of the molecule is CNS(=O)(=O)c1nn2c(-c3ccc(Cl)cc3)c(-c3ccccc3Cl)cnc2c1C(=O)NN(C)c1ccccn1. The molecule has 0 radical (unpaired) electrons. The Morgan fingerprint density at radius 2 is 1.67 bits per heavy atom. The summed E-state index contributed by atoms with van der Waals surface area (Å²) in [4.78, 5) is 22.3. The number of nitrogens with one attached hydrogen (secondary N) is 2. The summed E-state index contributed by atoms with van der Waals surface area (Å²) in [5.74, 6) is -0.303. The molecule has 39 heavy (non-hydrogen) atoms. The number of anilines is 1. The minimum Gasteiger partial charge on any atom is -0.271 e. The van der Waals surface area contributed by atoms with Crippen LogP contribution in [0, 0.1) is 0 Å². The highest BCUT2D eigenvalue weighted by Crippen LogP contribution is 2.37. The van der Waals surface area contributed by atoms with Gasteiger partial charge in [-0.25, -0.2) is 27.6 Å². The molecular formula is C26H21Cl2N7O3S. The average Bonchev–Trinajstić information content (AvgIpc) is 3.35. The molecule has 0 saturated heterocycles. The fourth-order valence-electron chi connectivity index (χ4n) is 4.03. The van der Waals surface area contributed by atoms with Crippen LogP contribution in [-0.4, -0.2) is 48.0 Å². The maximum absolute atomic E-state index is 13.6. The van der Waals surface area contributed by atoms with Crippen LogP contribution in [0.3, 0.4) is 0 Å². The molecule has 0 saturated carbocycles. The van der Waals surface area contributed by atoms with Gasteiger partial charge in [0.1, 0.15) is 11.4 Å². The molecule has 0 unspecified atom stereocenters. The Hall–Kier alpha value is -4.03. The van der Waals surface area contributed by atoms with E-state index in [0.717, 1.165) is 0 Å². The number of aromatic nitrogens is 4. The van der Waals surface area contributed by atoms with Gasteiger partial charge >= 0.3 is 0 Å². The van der Waals surface area contributed by atoms with Gasteiger partial charge in [-0.2, -0.15) is 5.10 Å². The number of carbonyl (C=O) groups is 1. The summed E-state index contributed by atoms with van der Waals surface area (Å²) in [6.07, 6.45) is 3.11.